The molecule has 0 aliphatic carbocycles. The second kappa shape index (κ2) is 9.03. The second-order valence-electron chi connectivity index (χ2n) is 5.72. The lowest BCUT2D eigenvalue weighted by Gasteiger charge is -2.18. The number of hydrogen-bond acceptors (Lipinski definition) is 4. The van der Waals surface area contributed by atoms with Crippen LogP contribution in [0.1, 0.15) is 42.9 Å². The van der Waals surface area contributed by atoms with Gasteiger partial charge >= 0.3 is 0 Å². The number of carbonyl (C=O) groups excluding carboxylic acids is 2. The van der Waals surface area contributed by atoms with Gasteiger partial charge in [-0.15, -0.1) is 0 Å². The normalized spacial score (nSPS) is 11.8. The lowest BCUT2D eigenvalue weighted by atomic mass is 10.1. The molecule has 1 aromatic carbocycles. The van der Waals surface area contributed by atoms with Crippen molar-refractivity contribution in [2.45, 2.75) is 26.8 Å². The van der Waals surface area contributed by atoms with Crippen LogP contribution in [0.15, 0.2) is 47.1 Å². The molecule has 1 atom stereocenters. The van der Waals surface area contributed by atoms with Crippen LogP contribution in [0.2, 0.25) is 0 Å². The number of amides is 2. The van der Waals surface area contributed by atoms with E-state index < -0.39 is 0 Å². The van der Waals surface area contributed by atoms with Crippen molar-refractivity contribution >= 4 is 17.5 Å². The summed E-state index contributed by atoms with van der Waals surface area (Å²) < 4.78 is 5.29. The summed E-state index contributed by atoms with van der Waals surface area (Å²) in [4.78, 5) is 26.0. The minimum atomic E-state index is -0.152. The number of anilines is 1. The van der Waals surface area contributed by atoms with Gasteiger partial charge in [0.25, 0.3) is 5.91 Å². The van der Waals surface area contributed by atoms with E-state index in [-0.39, 0.29) is 24.4 Å². The molecule has 1 aromatic heterocycles. The monoisotopic (exact) mass is 343 g/mol. The molecule has 0 radical (unpaired) electrons. The Morgan fingerprint density at radius 3 is 2.36 bits per heavy atom. The van der Waals surface area contributed by atoms with Gasteiger partial charge in [-0.1, -0.05) is 0 Å². The van der Waals surface area contributed by atoms with E-state index in [1.165, 1.54) is 0 Å². The molecule has 1 heterocycles. The van der Waals surface area contributed by atoms with Crippen molar-refractivity contribution in [3.8, 4) is 0 Å². The maximum atomic E-state index is 12.3. The van der Waals surface area contributed by atoms with Crippen LogP contribution in [0, 0.1) is 0 Å². The van der Waals surface area contributed by atoms with Gasteiger partial charge in [0.1, 0.15) is 5.76 Å². The van der Waals surface area contributed by atoms with Crippen LogP contribution in [0.4, 0.5) is 5.69 Å². The molecule has 0 saturated carbocycles. The van der Waals surface area contributed by atoms with Gasteiger partial charge in [-0.25, -0.2) is 0 Å². The third-order valence-electron chi connectivity index (χ3n) is 4.01. The van der Waals surface area contributed by atoms with E-state index in [9.17, 15) is 9.59 Å². The molecule has 0 spiro atoms. The Bertz CT molecular complexity index is 676. The van der Waals surface area contributed by atoms with Crippen molar-refractivity contribution in [1.82, 2.24) is 10.2 Å². The van der Waals surface area contributed by atoms with Crippen molar-refractivity contribution < 1.29 is 14.0 Å². The van der Waals surface area contributed by atoms with Crippen LogP contribution in [-0.2, 0) is 4.79 Å². The van der Waals surface area contributed by atoms with E-state index in [2.05, 4.69) is 10.6 Å². The molecule has 0 bridgehead atoms. The maximum absolute atomic E-state index is 12.3. The van der Waals surface area contributed by atoms with Crippen molar-refractivity contribution in [2.75, 3.05) is 25.0 Å². The topological polar surface area (TPSA) is 74.6 Å². The largest absolute Gasteiger partial charge is 0.468 e. The fourth-order valence-corrected chi connectivity index (χ4v) is 2.48. The van der Waals surface area contributed by atoms with E-state index in [1.54, 1.807) is 35.4 Å². The molecule has 2 amide bonds. The third-order valence-corrected chi connectivity index (χ3v) is 4.01. The lowest BCUT2D eigenvalue weighted by molar-refractivity contribution is -0.115. The van der Waals surface area contributed by atoms with Gasteiger partial charge in [0.15, 0.2) is 0 Å². The number of benzene rings is 1. The molecule has 0 saturated heterocycles. The van der Waals surface area contributed by atoms with E-state index in [4.69, 9.17) is 4.42 Å². The lowest BCUT2D eigenvalue weighted by Crippen LogP contribution is -2.30. The number of hydrogen-bond donors (Lipinski definition) is 2. The minimum absolute atomic E-state index is 0.00295. The van der Waals surface area contributed by atoms with Crippen LogP contribution in [0.25, 0.3) is 0 Å². The van der Waals surface area contributed by atoms with Gasteiger partial charge in [0.05, 0.1) is 18.8 Å². The molecule has 0 aliphatic heterocycles. The van der Waals surface area contributed by atoms with Crippen molar-refractivity contribution in [2.24, 2.45) is 0 Å². The third kappa shape index (κ3) is 5.19. The highest BCUT2D eigenvalue weighted by molar-refractivity contribution is 5.96. The quantitative estimate of drug-likeness (QED) is 0.772. The molecule has 6 nitrogen and oxygen atoms in total. The molecule has 2 N–H and O–H groups in total. The standard InChI is InChI=1S/C19H25N3O3/c1-4-22(5-2)19(24)15-8-10-16(11-9-15)21-18(23)13-20-14(3)17-7-6-12-25-17/h6-12,14,20H,4-5,13H2,1-3H3,(H,21,23)/t14-/m0/s1. The first kappa shape index (κ1) is 18.7. The number of rotatable bonds is 8. The summed E-state index contributed by atoms with van der Waals surface area (Å²) >= 11 is 0. The molecular weight excluding hydrogens is 318 g/mol. The fraction of sp³-hybridized carbons (Fsp3) is 0.368. The summed E-state index contributed by atoms with van der Waals surface area (Å²) in [6.07, 6.45) is 1.61. The highest BCUT2D eigenvalue weighted by Crippen LogP contribution is 2.13. The molecule has 134 valence electrons. The predicted octanol–water partition coefficient (Wildman–Crippen LogP) is 3.05. The minimum Gasteiger partial charge on any atom is -0.468 e. The van der Waals surface area contributed by atoms with Gasteiger partial charge in [-0.3, -0.25) is 14.9 Å². The van der Waals surface area contributed by atoms with Gasteiger partial charge in [-0.2, -0.15) is 0 Å². The average molecular weight is 343 g/mol. The van der Waals surface area contributed by atoms with Crippen LogP contribution >= 0.6 is 0 Å². The van der Waals surface area contributed by atoms with Crippen molar-refractivity contribution in [3.05, 3.63) is 54.0 Å². The summed E-state index contributed by atoms with van der Waals surface area (Å²) in [5.74, 6) is 0.630. The highest BCUT2D eigenvalue weighted by Gasteiger charge is 2.13. The average Bonchev–Trinajstić information content (AvgIpc) is 3.16. The van der Waals surface area contributed by atoms with Gasteiger partial charge < -0.3 is 14.6 Å². The fourth-order valence-electron chi connectivity index (χ4n) is 2.48. The Morgan fingerprint density at radius 2 is 1.80 bits per heavy atom. The zero-order valence-corrected chi connectivity index (χ0v) is 14.9. The Balaban J connectivity index is 1.86. The van der Waals surface area contributed by atoms with Crippen LogP contribution < -0.4 is 10.6 Å². The number of carbonyl (C=O) groups is 2. The zero-order chi connectivity index (χ0) is 18.2. The molecule has 0 unspecified atom stereocenters. The Hall–Kier alpha value is -2.60. The SMILES string of the molecule is CCN(CC)C(=O)c1ccc(NC(=O)CN[C@@H](C)c2ccco2)cc1. The van der Waals surface area contributed by atoms with Crippen molar-refractivity contribution in [1.29, 1.82) is 0 Å². The van der Waals surface area contributed by atoms with Gasteiger partial charge in [0, 0.05) is 24.3 Å². The predicted molar refractivity (Wildman–Crippen MR) is 97.4 cm³/mol. The van der Waals surface area contributed by atoms with Gasteiger partial charge in [0.2, 0.25) is 5.91 Å². The van der Waals surface area contributed by atoms with Gasteiger partial charge in [-0.05, 0) is 57.2 Å². The molecular formula is C19H25N3O3. The Morgan fingerprint density at radius 1 is 1.12 bits per heavy atom. The molecule has 6 heteroatoms. The molecule has 0 fully saturated rings. The summed E-state index contributed by atoms with van der Waals surface area (Å²) in [6, 6.07) is 10.6. The van der Waals surface area contributed by atoms with E-state index in [0.29, 0.717) is 24.3 Å². The second-order valence-corrected chi connectivity index (χ2v) is 5.72. The Kier molecular flexibility index (Phi) is 6.77. The highest BCUT2D eigenvalue weighted by atomic mass is 16.3. The molecule has 25 heavy (non-hydrogen) atoms. The zero-order valence-electron chi connectivity index (χ0n) is 14.9. The number of furan rings is 1. The summed E-state index contributed by atoms with van der Waals surface area (Å²) in [7, 11) is 0. The van der Waals surface area contributed by atoms with Crippen LogP contribution in [0.5, 0.6) is 0 Å². The van der Waals surface area contributed by atoms with E-state index in [1.807, 2.05) is 32.9 Å². The summed E-state index contributed by atoms with van der Waals surface area (Å²) in [5.41, 5.74) is 1.28. The van der Waals surface area contributed by atoms with E-state index >= 15 is 0 Å². The first-order chi connectivity index (χ1) is 12.0. The summed E-state index contributed by atoms with van der Waals surface area (Å²) in [6.45, 7) is 7.35. The Labute approximate surface area is 148 Å². The van der Waals surface area contributed by atoms with Crippen LogP contribution in [-0.4, -0.2) is 36.3 Å². The molecule has 0 aliphatic rings. The number of nitrogens with one attached hydrogen (secondary N) is 2. The van der Waals surface area contributed by atoms with Crippen LogP contribution in [0.3, 0.4) is 0 Å². The molecule has 2 rings (SSSR count). The maximum Gasteiger partial charge on any atom is 0.253 e. The van der Waals surface area contributed by atoms with Crippen molar-refractivity contribution in [3.63, 3.8) is 0 Å². The number of nitrogens with zero attached hydrogens (tertiary/aromatic N) is 1. The molecule has 2 aromatic rings. The first-order valence-electron chi connectivity index (χ1n) is 8.51. The summed E-state index contributed by atoms with van der Waals surface area (Å²) in [5, 5.41) is 5.91. The van der Waals surface area contributed by atoms with E-state index in [0.717, 1.165) is 5.76 Å². The smallest absolute Gasteiger partial charge is 0.253 e. The first-order valence-corrected chi connectivity index (χ1v) is 8.51.